The van der Waals surface area contributed by atoms with E-state index in [0.717, 1.165) is 12.0 Å². The van der Waals surface area contributed by atoms with Crippen molar-refractivity contribution in [2.24, 2.45) is 5.92 Å². The van der Waals surface area contributed by atoms with E-state index in [9.17, 15) is 24.8 Å². The molecule has 1 aromatic heterocycles. The number of nitrogens with one attached hydrogen (secondary N) is 2. The second kappa shape index (κ2) is 11.3. The van der Waals surface area contributed by atoms with Crippen molar-refractivity contribution in [3.63, 3.8) is 0 Å². The number of carbonyl (C=O) groups excluding carboxylic acids is 1. The topological polar surface area (TPSA) is 151 Å². The highest BCUT2D eigenvalue weighted by atomic mass is 16.6. The largest absolute Gasteiger partial charge is 0.479 e. The Kier molecular flexibility index (Phi) is 7.94. The Morgan fingerprint density at radius 3 is 2.61 bits per heavy atom. The van der Waals surface area contributed by atoms with Gasteiger partial charge in [0.25, 0.3) is 0 Å². The van der Waals surface area contributed by atoms with E-state index in [1.165, 1.54) is 6.07 Å². The minimum atomic E-state index is -1.24. The van der Waals surface area contributed by atoms with Crippen molar-refractivity contribution in [2.45, 2.75) is 51.8 Å². The van der Waals surface area contributed by atoms with Gasteiger partial charge in [0.15, 0.2) is 5.75 Å². The van der Waals surface area contributed by atoms with Crippen LogP contribution in [0.4, 0.5) is 10.5 Å². The number of H-pyrrole nitrogens is 1. The molecule has 4 rings (SSSR count). The number of imidazole rings is 1. The zero-order valence-electron chi connectivity index (χ0n) is 21.5. The molecule has 2 aromatic carbocycles. The van der Waals surface area contributed by atoms with Gasteiger partial charge in [0.1, 0.15) is 18.0 Å². The van der Waals surface area contributed by atoms with Crippen LogP contribution in [0.2, 0.25) is 0 Å². The number of nitro benzene ring substituents is 1. The number of rotatable bonds is 9. The molecule has 0 saturated carbocycles. The minimum absolute atomic E-state index is 0.136. The molecule has 0 aliphatic carbocycles. The number of aromatic nitrogens is 2. The van der Waals surface area contributed by atoms with Crippen LogP contribution in [-0.2, 0) is 4.79 Å². The van der Waals surface area contributed by atoms with E-state index in [1.54, 1.807) is 37.1 Å². The Balaban J connectivity index is 1.58. The summed E-state index contributed by atoms with van der Waals surface area (Å²) < 4.78 is 6.01. The Morgan fingerprint density at radius 2 is 1.95 bits per heavy atom. The predicted molar refractivity (Wildman–Crippen MR) is 140 cm³/mol. The van der Waals surface area contributed by atoms with Crippen LogP contribution in [-0.4, -0.2) is 49.5 Å². The predicted octanol–water partition coefficient (Wildman–Crippen LogP) is 5.08. The van der Waals surface area contributed by atoms with Gasteiger partial charge in [-0.3, -0.25) is 14.9 Å². The van der Waals surface area contributed by atoms with Gasteiger partial charge in [-0.15, -0.1) is 0 Å². The average Bonchev–Trinajstić information content (AvgIpc) is 3.57. The standard InChI is InChI=1S/C27H31N5O6/c1-16(2)24(30-27(34)35)26(33)31-13-7-10-22(31)25-28-15-20(29-25)19-11-12-21(32(36)37)23(14-19)38-17(3)18-8-5-4-6-9-18/h4-6,8-9,11-12,14-17,22,24,30H,7,10,13H2,1-3H3,(H,28,29)(H,34,35)/t17-,22-,24-/m0/s1. The molecule has 1 aliphatic heterocycles. The summed E-state index contributed by atoms with van der Waals surface area (Å²) in [7, 11) is 0. The van der Waals surface area contributed by atoms with Crippen LogP contribution in [0.3, 0.4) is 0 Å². The highest BCUT2D eigenvalue weighted by Crippen LogP contribution is 2.36. The Morgan fingerprint density at radius 1 is 1.21 bits per heavy atom. The molecule has 0 radical (unpaired) electrons. The number of nitro groups is 1. The zero-order valence-corrected chi connectivity index (χ0v) is 21.5. The number of benzene rings is 2. The van der Waals surface area contributed by atoms with Crippen LogP contribution in [0.1, 0.15) is 57.1 Å². The van der Waals surface area contributed by atoms with Crippen molar-refractivity contribution in [1.82, 2.24) is 20.2 Å². The van der Waals surface area contributed by atoms with Gasteiger partial charge in [-0.25, -0.2) is 9.78 Å². The van der Waals surface area contributed by atoms with Crippen LogP contribution >= 0.6 is 0 Å². The highest BCUT2D eigenvalue weighted by molar-refractivity contribution is 5.86. The summed E-state index contributed by atoms with van der Waals surface area (Å²) in [4.78, 5) is 45.1. The average molecular weight is 522 g/mol. The molecule has 11 nitrogen and oxygen atoms in total. The van der Waals surface area contributed by atoms with Gasteiger partial charge in [0, 0.05) is 18.2 Å². The van der Waals surface area contributed by atoms with Crippen molar-refractivity contribution < 1.29 is 24.4 Å². The second-order valence-electron chi connectivity index (χ2n) is 9.65. The third-order valence-corrected chi connectivity index (χ3v) is 6.70. The fourth-order valence-corrected chi connectivity index (χ4v) is 4.70. The monoisotopic (exact) mass is 521 g/mol. The van der Waals surface area contributed by atoms with Crippen LogP contribution in [0, 0.1) is 16.0 Å². The molecule has 2 heterocycles. The lowest BCUT2D eigenvalue weighted by Gasteiger charge is -2.29. The lowest BCUT2D eigenvalue weighted by molar-refractivity contribution is -0.386. The molecule has 38 heavy (non-hydrogen) atoms. The molecule has 3 aromatic rings. The first-order valence-corrected chi connectivity index (χ1v) is 12.5. The molecular formula is C27H31N5O6. The van der Waals surface area contributed by atoms with Gasteiger partial charge in [0.2, 0.25) is 5.91 Å². The molecule has 0 unspecified atom stereocenters. The first-order valence-electron chi connectivity index (χ1n) is 12.5. The fraction of sp³-hybridized carbons (Fsp3) is 0.370. The summed E-state index contributed by atoms with van der Waals surface area (Å²) >= 11 is 0. The summed E-state index contributed by atoms with van der Waals surface area (Å²) in [6.07, 6.45) is 1.41. The second-order valence-corrected chi connectivity index (χ2v) is 9.65. The third kappa shape index (κ3) is 5.77. The van der Waals surface area contributed by atoms with Gasteiger partial charge in [-0.1, -0.05) is 44.2 Å². The first kappa shape index (κ1) is 26.6. The summed E-state index contributed by atoms with van der Waals surface area (Å²) in [6, 6.07) is 12.9. The van der Waals surface area contributed by atoms with Crippen molar-refractivity contribution in [2.75, 3.05) is 6.54 Å². The summed E-state index contributed by atoms with van der Waals surface area (Å²) in [5.74, 6) is 0.201. The molecule has 1 aliphatic rings. The van der Waals surface area contributed by atoms with E-state index >= 15 is 0 Å². The molecule has 0 bridgehead atoms. The normalized spacial score (nSPS) is 16.7. The van der Waals surface area contributed by atoms with Crippen LogP contribution in [0.15, 0.2) is 54.7 Å². The van der Waals surface area contributed by atoms with Gasteiger partial charge in [-0.2, -0.15) is 0 Å². The third-order valence-electron chi connectivity index (χ3n) is 6.70. The smallest absolute Gasteiger partial charge is 0.405 e. The number of ether oxygens (including phenoxy) is 1. The number of carbonyl (C=O) groups is 2. The van der Waals surface area contributed by atoms with E-state index in [2.05, 4.69) is 15.3 Å². The quantitative estimate of drug-likeness (QED) is 0.262. The van der Waals surface area contributed by atoms with Crippen molar-refractivity contribution in [1.29, 1.82) is 0 Å². The van der Waals surface area contributed by atoms with Gasteiger partial charge in [0.05, 0.1) is 22.9 Å². The van der Waals surface area contributed by atoms with Gasteiger partial charge >= 0.3 is 11.8 Å². The van der Waals surface area contributed by atoms with E-state index in [1.807, 2.05) is 37.3 Å². The molecule has 1 saturated heterocycles. The minimum Gasteiger partial charge on any atom is -0.479 e. The van der Waals surface area contributed by atoms with E-state index < -0.39 is 23.2 Å². The van der Waals surface area contributed by atoms with Crippen molar-refractivity contribution >= 4 is 17.7 Å². The van der Waals surface area contributed by atoms with E-state index in [4.69, 9.17) is 4.74 Å². The SMILES string of the molecule is CC(C)[C@H](NC(=O)O)C(=O)N1CCC[C@H]1c1ncc(-c2ccc([N+](=O)[O-])c(O[C@@H](C)c3ccccc3)c2)[nH]1. The zero-order chi connectivity index (χ0) is 27.4. The number of carboxylic acid groups (broad SMARTS) is 1. The lowest BCUT2D eigenvalue weighted by atomic mass is 10.0. The van der Waals surface area contributed by atoms with Gasteiger partial charge < -0.3 is 25.0 Å². The fourth-order valence-electron chi connectivity index (χ4n) is 4.70. The highest BCUT2D eigenvalue weighted by Gasteiger charge is 2.37. The number of amides is 2. The van der Waals surface area contributed by atoms with Crippen LogP contribution < -0.4 is 10.1 Å². The molecule has 3 N–H and O–H groups in total. The Hall–Kier alpha value is -4.41. The van der Waals surface area contributed by atoms with Crippen molar-refractivity contribution in [3.05, 3.63) is 76.2 Å². The summed E-state index contributed by atoms with van der Waals surface area (Å²) in [6.45, 7) is 5.91. The molecular weight excluding hydrogens is 490 g/mol. The first-order chi connectivity index (χ1) is 18.2. The molecule has 1 fully saturated rings. The maximum Gasteiger partial charge on any atom is 0.405 e. The molecule has 0 spiro atoms. The van der Waals surface area contributed by atoms with Crippen LogP contribution in [0.25, 0.3) is 11.3 Å². The number of hydrogen-bond donors (Lipinski definition) is 3. The Labute approximate surface area is 220 Å². The lowest BCUT2D eigenvalue weighted by Crippen LogP contribution is -2.50. The van der Waals surface area contributed by atoms with Gasteiger partial charge in [-0.05, 0) is 43.4 Å². The maximum atomic E-state index is 13.2. The Bertz CT molecular complexity index is 1310. The summed E-state index contributed by atoms with van der Waals surface area (Å²) in [5.41, 5.74) is 2.01. The summed E-state index contributed by atoms with van der Waals surface area (Å²) in [5, 5.41) is 23.2. The van der Waals surface area contributed by atoms with E-state index in [-0.39, 0.29) is 29.3 Å². The molecule has 200 valence electrons. The maximum absolute atomic E-state index is 13.2. The molecule has 11 heteroatoms. The van der Waals surface area contributed by atoms with Crippen molar-refractivity contribution in [3.8, 4) is 17.0 Å². The number of aromatic amines is 1. The number of nitrogens with zero attached hydrogens (tertiary/aromatic N) is 3. The molecule has 3 atom stereocenters. The molecule has 2 amide bonds. The number of likely N-dealkylation sites (tertiary alicyclic amines) is 1. The van der Waals surface area contributed by atoms with Crippen LogP contribution in [0.5, 0.6) is 5.75 Å². The van der Waals surface area contributed by atoms with E-state index in [0.29, 0.717) is 30.0 Å². The number of hydrogen-bond acceptors (Lipinski definition) is 6.